The van der Waals surface area contributed by atoms with Gasteiger partial charge in [0.1, 0.15) is 17.9 Å². The van der Waals surface area contributed by atoms with Crippen LogP contribution in [0.15, 0.2) is 24.3 Å². The van der Waals surface area contributed by atoms with Gasteiger partial charge in [-0.15, -0.1) is 0 Å². The second-order valence-corrected chi connectivity index (χ2v) is 2.17. The van der Waals surface area contributed by atoms with Gasteiger partial charge in [0.15, 0.2) is 0 Å². The molecule has 0 heterocycles. The molecule has 1 aromatic rings. The van der Waals surface area contributed by atoms with E-state index in [9.17, 15) is 9.18 Å². The molecule has 1 rings (SSSR count). The standard InChI is InChI=1S/C9H7FO2/c10-8-4-1-5-9(12)7(8)3-2-6-11/h1-6,12H. The molecule has 0 saturated carbocycles. The molecule has 0 fully saturated rings. The van der Waals surface area contributed by atoms with Crippen LogP contribution in [0.1, 0.15) is 5.56 Å². The highest BCUT2D eigenvalue weighted by molar-refractivity contribution is 5.75. The molecule has 0 spiro atoms. The third-order valence-corrected chi connectivity index (χ3v) is 1.37. The van der Waals surface area contributed by atoms with Gasteiger partial charge in [-0.05, 0) is 24.3 Å². The number of aldehydes is 1. The fraction of sp³-hybridized carbons (Fsp3) is 0. The molecule has 0 saturated heterocycles. The molecular weight excluding hydrogens is 159 g/mol. The summed E-state index contributed by atoms with van der Waals surface area (Å²) in [7, 11) is 0. The minimum atomic E-state index is -0.548. The average molecular weight is 166 g/mol. The number of allylic oxidation sites excluding steroid dienone is 1. The number of carbonyl (C=O) groups is 1. The molecule has 0 radical (unpaired) electrons. The fourth-order valence-corrected chi connectivity index (χ4v) is 0.826. The zero-order chi connectivity index (χ0) is 8.97. The average Bonchev–Trinajstić information content (AvgIpc) is 2.04. The van der Waals surface area contributed by atoms with Crippen molar-refractivity contribution in [2.75, 3.05) is 0 Å². The van der Waals surface area contributed by atoms with Crippen LogP contribution in [0.25, 0.3) is 6.08 Å². The van der Waals surface area contributed by atoms with Crippen LogP contribution in [-0.4, -0.2) is 11.4 Å². The van der Waals surface area contributed by atoms with Crippen molar-refractivity contribution < 1.29 is 14.3 Å². The Morgan fingerprint density at radius 3 is 2.75 bits per heavy atom. The van der Waals surface area contributed by atoms with Crippen LogP contribution >= 0.6 is 0 Å². The fourth-order valence-electron chi connectivity index (χ4n) is 0.826. The minimum Gasteiger partial charge on any atom is -0.507 e. The lowest BCUT2D eigenvalue weighted by atomic mass is 10.2. The molecule has 0 amide bonds. The lowest BCUT2D eigenvalue weighted by molar-refractivity contribution is -0.104. The second-order valence-electron chi connectivity index (χ2n) is 2.17. The lowest BCUT2D eigenvalue weighted by Gasteiger charge is -1.98. The molecule has 0 aromatic heterocycles. The Morgan fingerprint density at radius 1 is 1.42 bits per heavy atom. The molecule has 0 aliphatic heterocycles. The zero-order valence-electron chi connectivity index (χ0n) is 6.20. The molecule has 2 nitrogen and oxygen atoms in total. The molecule has 12 heavy (non-hydrogen) atoms. The summed E-state index contributed by atoms with van der Waals surface area (Å²) >= 11 is 0. The summed E-state index contributed by atoms with van der Waals surface area (Å²) in [5.41, 5.74) is 0.0320. The van der Waals surface area contributed by atoms with Crippen molar-refractivity contribution >= 4 is 12.4 Å². The topological polar surface area (TPSA) is 37.3 Å². The first kappa shape index (κ1) is 8.46. The summed E-state index contributed by atoms with van der Waals surface area (Å²) in [6.07, 6.45) is 2.86. The van der Waals surface area contributed by atoms with E-state index in [-0.39, 0.29) is 11.3 Å². The predicted molar refractivity (Wildman–Crippen MR) is 43.2 cm³/mol. The van der Waals surface area contributed by atoms with Crippen molar-refractivity contribution in [3.05, 3.63) is 35.7 Å². The van der Waals surface area contributed by atoms with Gasteiger partial charge in [0.05, 0.1) is 5.56 Å². The van der Waals surface area contributed by atoms with E-state index in [2.05, 4.69) is 0 Å². The van der Waals surface area contributed by atoms with Crippen LogP contribution in [-0.2, 0) is 4.79 Å². The maximum Gasteiger partial charge on any atom is 0.142 e. The van der Waals surface area contributed by atoms with E-state index in [1.807, 2.05) is 0 Å². The van der Waals surface area contributed by atoms with Gasteiger partial charge in [-0.2, -0.15) is 0 Å². The van der Waals surface area contributed by atoms with E-state index in [1.54, 1.807) is 0 Å². The largest absolute Gasteiger partial charge is 0.507 e. The van der Waals surface area contributed by atoms with Gasteiger partial charge in [-0.1, -0.05) is 6.07 Å². The second kappa shape index (κ2) is 3.67. The molecule has 0 unspecified atom stereocenters. The smallest absolute Gasteiger partial charge is 0.142 e. The number of benzene rings is 1. The van der Waals surface area contributed by atoms with E-state index < -0.39 is 5.82 Å². The molecule has 1 aromatic carbocycles. The van der Waals surface area contributed by atoms with E-state index >= 15 is 0 Å². The summed E-state index contributed by atoms with van der Waals surface area (Å²) < 4.78 is 12.8. The predicted octanol–water partition coefficient (Wildman–Crippen LogP) is 1.74. The molecular formula is C9H7FO2. The summed E-state index contributed by atoms with van der Waals surface area (Å²) in [6.45, 7) is 0. The molecule has 0 aliphatic carbocycles. The first-order valence-corrected chi connectivity index (χ1v) is 3.35. The van der Waals surface area contributed by atoms with Crippen molar-refractivity contribution in [2.24, 2.45) is 0 Å². The maximum absolute atomic E-state index is 12.8. The highest BCUT2D eigenvalue weighted by Gasteiger charge is 2.02. The van der Waals surface area contributed by atoms with E-state index in [0.29, 0.717) is 6.29 Å². The number of carbonyl (C=O) groups excluding carboxylic acids is 1. The van der Waals surface area contributed by atoms with Crippen molar-refractivity contribution in [1.29, 1.82) is 0 Å². The van der Waals surface area contributed by atoms with Crippen molar-refractivity contribution in [3.63, 3.8) is 0 Å². The van der Waals surface area contributed by atoms with Crippen LogP contribution in [0.2, 0.25) is 0 Å². The third kappa shape index (κ3) is 1.69. The Hall–Kier alpha value is -1.64. The summed E-state index contributed by atoms with van der Waals surface area (Å²) in [5.74, 6) is -0.721. The Morgan fingerprint density at radius 2 is 2.17 bits per heavy atom. The monoisotopic (exact) mass is 166 g/mol. The van der Waals surface area contributed by atoms with E-state index in [1.165, 1.54) is 24.3 Å². The quantitative estimate of drug-likeness (QED) is 0.536. The maximum atomic E-state index is 12.8. The van der Waals surface area contributed by atoms with Crippen LogP contribution in [0.5, 0.6) is 5.75 Å². The zero-order valence-corrected chi connectivity index (χ0v) is 6.20. The molecule has 0 aliphatic rings. The lowest BCUT2D eigenvalue weighted by Crippen LogP contribution is -1.81. The molecule has 1 N–H and O–H groups in total. The van der Waals surface area contributed by atoms with Gasteiger partial charge in [0.2, 0.25) is 0 Å². The molecule has 0 atom stereocenters. The van der Waals surface area contributed by atoms with Crippen molar-refractivity contribution in [2.45, 2.75) is 0 Å². The van der Waals surface area contributed by atoms with Gasteiger partial charge in [-0.25, -0.2) is 4.39 Å². The normalized spacial score (nSPS) is 10.4. The Labute approximate surface area is 69.0 Å². The summed E-state index contributed by atoms with van der Waals surface area (Å²) in [6, 6.07) is 3.96. The van der Waals surface area contributed by atoms with Crippen molar-refractivity contribution in [3.8, 4) is 5.75 Å². The number of hydrogen-bond acceptors (Lipinski definition) is 2. The molecule has 3 heteroatoms. The van der Waals surface area contributed by atoms with E-state index in [0.717, 1.165) is 6.08 Å². The first-order chi connectivity index (χ1) is 5.75. The number of rotatable bonds is 2. The first-order valence-electron chi connectivity index (χ1n) is 3.35. The van der Waals surface area contributed by atoms with Gasteiger partial charge < -0.3 is 5.11 Å². The van der Waals surface area contributed by atoms with E-state index in [4.69, 9.17) is 5.11 Å². The number of halogens is 1. The number of phenols is 1. The highest BCUT2D eigenvalue weighted by atomic mass is 19.1. The highest BCUT2D eigenvalue weighted by Crippen LogP contribution is 2.20. The number of phenolic OH excluding ortho intramolecular Hbond substituents is 1. The molecule has 0 bridgehead atoms. The SMILES string of the molecule is O=CC=Cc1c(O)cccc1F. The minimum absolute atomic E-state index is 0.0320. The van der Waals surface area contributed by atoms with Gasteiger partial charge in [0, 0.05) is 0 Å². The third-order valence-electron chi connectivity index (χ3n) is 1.37. The Kier molecular flexibility index (Phi) is 2.58. The van der Waals surface area contributed by atoms with Crippen LogP contribution in [0.3, 0.4) is 0 Å². The Balaban J connectivity index is 3.12. The van der Waals surface area contributed by atoms with Crippen LogP contribution in [0.4, 0.5) is 4.39 Å². The van der Waals surface area contributed by atoms with Gasteiger partial charge in [0.25, 0.3) is 0 Å². The summed E-state index contributed by atoms with van der Waals surface area (Å²) in [4.78, 5) is 9.91. The number of hydrogen-bond donors (Lipinski definition) is 1. The number of aromatic hydroxyl groups is 1. The van der Waals surface area contributed by atoms with Gasteiger partial charge in [-0.3, -0.25) is 4.79 Å². The van der Waals surface area contributed by atoms with Gasteiger partial charge >= 0.3 is 0 Å². The molecule has 62 valence electrons. The van der Waals surface area contributed by atoms with Crippen molar-refractivity contribution in [1.82, 2.24) is 0 Å². The van der Waals surface area contributed by atoms with Crippen LogP contribution < -0.4 is 0 Å². The summed E-state index contributed by atoms with van der Waals surface area (Å²) in [5, 5.41) is 9.11. The Bertz CT molecular complexity index is 298. The van der Waals surface area contributed by atoms with Crippen LogP contribution in [0, 0.1) is 5.82 Å².